The monoisotopic (exact) mass is 142 g/mol. The van der Waals surface area contributed by atoms with Crippen molar-refractivity contribution in [3.63, 3.8) is 0 Å². The minimum atomic E-state index is -0.423. The Labute approximate surface area is 61.1 Å². The van der Waals surface area contributed by atoms with Crippen LogP contribution in [0, 0.1) is 0 Å². The zero-order chi connectivity index (χ0) is 7.40. The maximum atomic E-state index is 9.26. The van der Waals surface area contributed by atoms with Gasteiger partial charge in [0.25, 0.3) is 0 Å². The van der Waals surface area contributed by atoms with E-state index in [4.69, 9.17) is 0 Å². The highest BCUT2D eigenvalue weighted by molar-refractivity contribution is 4.91. The van der Waals surface area contributed by atoms with Crippen molar-refractivity contribution in [3.05, 3.63) is 12.7 Å². The highest BCUT2D eigenvalue weighted by Crippen LogP contribution is 1.95. The van der Waals surface area contributed by atoms with Crippen LogP contribution in [0.15, 0.2) is 12.7 Å². The fraction of sp³-hybridized carbons (Fsp3) is 0.714. The number of rotatable bonds is 2. The summed E-state index contributed by atoms with van der Waals surface area (Å²) in [6.45, 7) is 6.26. The quantitative estimate of drug-likeness (QED) is 0.438. The third-order valence-electron chi connectivity index (χ3n) is 1.73. The molecule has 2 unspecified atom stereocenters. The molecule has 0 aromatic rings. The first-order chi connectivity index (χ1) is 4.84. The van der Waals surface area contributed by atoms with Gasteiger partial charge in [0, 0.05) is 25.7 Å². The summed E-state index contributed by atoms with van der Waals surface area (Å²) in [5.41, 5.74) is 0. The second-order valence-electron chi connectivity index (χ2n) is 2.49. The molecule has 0 bridgehead atoms. The van der Waals surface area contributed by atoms with E-state index in [1.165, 1.54) is 0 Å². The predicted molar refractivity (Wildman–Crippen MR) is 40.9 cm³/mol. The van der Waals surface area contributed by atoms with Crippen molar-refractivity contribution in [1.82, 2.24) is 10.6 Å². The molecule has 3 nitrogen and oxygen atoms in total. The Bertz CT molecular complexity index is 110. The number of hydrogen-bond acceptors (Lipinski definition) is 3. The molecule has 0 saturated carbocycles. The smallest absolute Gasteiger partial charge is 0.0883 e. The average Bonchev–Trinajstić information content (AvgIpc) is 2.05. The van der Waals surface area contributed by atoms with Gasteiger partial charge in [-0.05, 0) is 0 Å². The van der Waals surface area contributed by atoms with E-state index in [9.17, 15) is 5.11 Å². The van der Waals surface area contributed by atoms with Crippen LogP contribution in [0.2, 0.25) is 0 Å². The Morgan fingerprint density at radius 3 is 2.90 bits per heavy atom. The van der Waals surface area contributed by atoms with Gasteiger partial charge in [-0.2, -0.15) is 0 Å². The van der Waals surface area contributed by atoms with Crippen LogP contribution in [0.1, 0.15) is 0 Å². The van der Waals surface area contributed by atoms with Crippen molar-refractivity contribution in [2.75, 3.05) is 19.6 Å². The largest absolute Gasteiger partial charge is 0.387 e. The van der Waals surface area contributed by atoms with Crippen molar-refractivity contribution in [2.45, 2.75) is 12.1 Å². The summed E-state index contributed by atoms with van der Waals surface area (Å²) in [5, 5.41) is 15.6. The summed E-state index contributed by atoms with van der Waals surface area (Å²) >= 11 is 0. The SMILES string of the molecule is C=CC(O)C1CNCCN1. The molecule has 10 heavy (non-hydrogen) atoms. The molecule has 1 rings (SSSR count). The van der Waals surface area contributed by atoms with Gasteiger partial charge in [-0.25, -0.2) is 0 Å². The second kappa shape index (κ2) is 3.71. The molecule has 0 radical (unpaired) electrons. The Morgan fingerprint density at radius 2 is 2.40 bits per heavy atom. The van der Waals surface area contributed by atoms with Gasteiger partial charge < -0.3 is 15.7 Å². The van der Waals surface area contributed by atoms with E-state index in [0.717, 1.165) is 19.6 Å². The minimum absolute atomic E-state index is 0.145. The van der Waals surface area contributed by atoms with E-state index >= 15 is 0 Å². The van der Waals surface area contributed by atoms with E-state index in [1.54, 1.807) is 6.08 Å². The van der Waals surface area contributed by atoms with Crippen LogP contribution in [0.3, 0.4) is 0 Å². The third-order valence-corrected chi connectivity index (χ3v) is 1.73. The molecule has 2 atom stereocenters. The molecule has 1 fully saturated rings. The lowest BCUT2D eigenvalue weighted by atomic mass is 10.1. The standard InChI is InChI=1S/C7H14N2O/c1-2-7(10)6-5-8-3-4-9-6/h2,6-10H,1,3-5H2. The summed E-state index contributed by atoms with van der Waals surface area (Å²) in [6, 6.07) is 0.145. The van der Waals surface area contributed by atoms with Crippen LogP contribution < -0.4 is 10.6 Å². The molecule has 1 aliphatic rings. The maximum Gasteiger partial charge on any atom is 0.0883 e. The lowest BCUT2D eigenvalue weighted by Crippen LogP contribution is -2.53. The summed E-state index contributed by atoms with van der Waals surface area (Å²) in [7, 11) is 0. The number of piperazine rings is 1. The van der Waals surface area contributed by atoms with Crippen LogP contribution >= 0.6 is 0 Å². The molecule has 1 heterocycles. The van der Waals surface area contributed by atoms with Gasteiger partial charge in [0.2, 0.25) is 0 Å². The molecule has 58 valence electrons. The second-order valence-corrected chi connectivity index (χ2v) is 2.49. The fourth-order valence-electron chi connectivity index (χ4n) is 1.08. The van der Waals surface area contributed by atoms with Gasteiger partial charge in [0.15, 0.2) is 0 Å². The van der Waals surface area contributed by atoms with Gasteiger partial charge in [-0.1, -0.05) is 6.08 Å². The molecule has 0 amide bonds. The van der Waals surface area contributed by atoms with E-state index in [0.29, 0.717) is 0 Å². The minimum Gasteiger partial charge on any atom is -0.387 e. The topological polar surface area (TPSA) is 44.3 Å². The molecule has 0 aromatic heterocycles. The van der Waals surface area contributed by atoms with Crippen molar-refractivity contribution >= 4 is 0 Å². The number of hydrogen-bond donors (Lipinski definition) is 3. The highest BCUT2D eigenvalue weighted by Gasteiger charge is 2.17. The van der Waals surface area contributed by atoms with Crippen molar-refractivity contribution in [1.29, 1.82) is 0 Å². The molecule has 0 spiro atoms. The van der Waals surface area contributed by atoms with Crippen molar-refractivity contribution in [3.8, 4) is 0 Å². The maximum absolute atomic E-state index is 9.26. The Balaban J connectivity index is 2.30. The Kier molecular flexibility index (Phi) is 2.86. The highest BCUT2D eigenvalue weighted by atomic mass is 16.3. The van der Waals surface area contributed by atoms with Crippen LogP contribution in [0.25, 0.3) is 0 Å². The van der Waals surface area contributed by atoms with Gasteiger partial charge in [-0.3, -0.25) is 0 Å². The molecule has 1 saturated heterocycles. The van der Waals surface area contributed by atoms with Crippen LogP contribution in [-0.4, -0.2) is 36.9 Å². The fourth-order valence-corrected chi connectivity index (χ4v) is 1.08. The summed E-state index contributed by atoms with van der Waals surface area (Å²) in [5.74, 6) is 0. The van der Waals surface area contributed by atoms with Crippen LogP contribution in [0.4, 0.5) is 0 Å². The molecular formula is C7H14N2O. The van der Waals surface area contributed by atoms with Gasteiger partial charge in [-0.15, -0.1) is 6.58 Å². The zero-order valence-electron chi connectivity index (χ0n) is 6.01. The van der Waals surface area contributed by atoms with E-state index < -0.39 is 6.10 Å². The van der Waals surface area contributed by atoms with Gasteiger partial charge in [0.1, 0.15) is 0 Å². The lowest BCUT2D eigenvalue weighted by molar-refractivity contribution is 0.161. The third kappa shape index (κ3) is 1.80. The number of aliphatic hydroxyl groups is 1. The van der Waals surface area contributed by atoms with E-state index in [2.05, 4.69) is 17.2 Å². The van der Waals surface area contributed by atoms with E-state index in [1.807, 2.05) is 0 Å². The summed E-state index contributed by atoms with van der Waals surface area (Å²) in [4.78, 5) is 0. The predicted octanol–water partition coefficient (Wildman–Crippen LogP) is -0.905. The summed E-state index contributed by atoms with van der Waals surface area (Å²) in [6.07, 6.45) is 1.14. The van der Waals surface area contributed by atoms with Crippen molar-refractivity contribution in [2.24, 2.45) is 0 Å². The normalized spacial score (nSPS) is 29.5. The Morgan fingerprint density at radius 1 is 1.60 bits per heavy atom. The molecule has 1 aliphatic heterocycles. The van der Waals surface area contributed by atoms with Gasteiger partial charge in [0.05, 0.1) is 6.10 Å². The first kappa shape index (κ1) is 7.72. The molecule has 0 aliphatic carbocycles. The van der Waals surface area contributed by atoms with Crippen LogP contribution in [0.5, 0.6) is 0 Å². The first-order valence-corrected chi connectivity index (χ1v) is 3.59. The van der Waals surface area contributed by atoms with E-state index in [-0.39, 0.29) is 6.04 Å². The number of aliphatic hydroxyl groups excluding tert-OH is 1. The molecule has 3 heteroatoms. The molecular weight excluding hydrogens is 128 g/mol. The zero-order valence-corrected chi connectivity index (χ0v) is 6.01. The lowest BCUT2D eigenvalue weighted by Gasteiger charge is -2.26. The molecule has 3 N–H and O–H groups in total. The molecule has 0 aromatic carbocycles. The average molecular weight is 142 g/mol. The summed E-state index contributed by atoms with van der Waals surface area (Å²) < 4.78 is 0. The number of nitrogens with one attached hydrogen (secondary N) is 2. The van der Waals surface area contributed by atoms with Crippen molar-refractivity contribution < 1.29 is 5.11 Å². The van der Waals surface area contributed by atoms with Crippen LogP contribution in [-0.2, 0) is 0 Å². The Hall–Kier alpha value is -0.380. The van der Waals surface area contributed by atoms with Gasteiger partial charge >= 0.3 is 0 Å². The first-order valence-electron chi connectivity index (χ1n) is 3.59.